The van der Waals surface area contributed by atoms with E-state index in [4.69, 9.17) is 0 Å². The minimum absolute atomic E-state index is 0.0587. The van der Waals surface area contributed by atoms with Gasteiger partial charge in [-0.25, -0.2) is 0 Å². The molecule has 0 bridgehead atoms. The lowest BCUT2D eigenvalue weighted by atomic mass is 10.1. The summed E-state index contributed by atoms with van der Waals surface area (Å²) >= 11 is 0. The quantitative estimate of drug-likeness (QED) is 0.0338. The van der Waals surface area contributed by atoms with Gasteiger partial charge in [0.25, 0.3) is 0 Å². The van der Waals surface area contributed by atoms with Crippen LogP contribution in [0.4, 0.5) is 0 Å². The summed E-state index contributed by atoms with van der Waals surface area (Å²) in [4.78, 5) is 180. The zero-order valence-corrected chi connectivity index (χ0v) is 39.6. The van der Waals surface area contributed by atoms with Crippen molar-refractivity contribution in [2.45, 2.75) is 89.3 Å². The van der Waals surface area contributed by atoms with Crippen LogP contribution in [0.2, 0.25) is 0 Å². The van der Waals surface area contributed by atoms with Crippen molar-refractivity contribution in [3.8, 4) is 0 Å². The number of carbonyl (C=O) groups excluding carboxylic acids is 5. The molecule has 1 heterocycles. The highest BCUT2D eigenvalue weighted by Gasteiger charge is 2.34. The number of rotatable bonds is 30. The van der Waals surface area contributed by atoms with Crippen molar-refractivity contribution < 1.29 is 113 Å². The molecule has 1 saturated heterocycles. The summed E-state index contributed by atoms with van der Waals surface area (Å²) < 4.78 is 0. The lowest BCUT2D eigenvalue weighted by Crippen LogP contribution is -2.49. The van der Waals surface area contributed by atoms with Gasteiger partial charge in [-0.3, -0.25) is 81.8 Å². The molecule has 30 heteroatoms. The minimum atomic E-state index is -1.80. The molecule has 1 fully saturated rings. The topological polar surface area (TPSA) is 444 Å². The van der Waals surface area contributed by atoms with Gasteiger partial charge in [0.2, 0.25) is 23.6 Å². The Labute approximate surface area is 410 Å². The van der Waals surface area contributed by atoms with E-state index in [2.05, 4.69) is 0 Å². The Kier molecular flexibility index (Phi) is 27.7. The van der Waals surface area contributed by atoms with Crippen molar-refractivity contribution in [2.24, 2.45) is 0 Å². The van der Waals surface area contributed by atoms with Crippen LogP contribution in [0.25, 0.3) is 0 Å². The zero-order valence-electron chi connectivity index (χ0n) is 39.6. The minimum Gasteiger partial charge on any atom is -0.481 e. The fourth-order valence-electron chi connectivity index (χ4n) is 7.83. The lowest BCUT2D eigenvalue weighted by Gasteiger charge is -2.33. The van der Waals surface area contributed by atoms with Crippen LogP contribution in [-0.2, 0) is 67.1 Å². The van der Waals surface area contributed by atoms with Crippen LogP contribution in [0.3, 0.4) is 0 Å². The van der Waals surface area contributed by atoms with Crippen molar-refractivity contribution in [3.63, 3.8) is 0 Å². The molecule has 9 N–H and O–H groups in total. The van der Waals surface area contributed by atoms with Gasteiger partial charge in [-0.15, -0.1) is 0 Å². The summed E-state index contributed by atoms with van der Waals surface area (Å²) in [6, 6.07) is -5.20. The first-order valence-electron chi connectivity index (χ1n) is 22.4. The van der Waals surface area contributed by atoms with Gasteiger partial charge >= 0.3 is 53.7 Å². The molecule has 0 aromatic carbocycles. The van der Waals surface area contributed by atoms with E-state index in [-0.39, 0.29) is 65.2 Å². The third kappa shape index (κ3) is 24.5. The van der Waals surface area contributed by atoms with Gasteiger partial charge in [0.05, 0.1) is 45.7 Å². The molecular weight excluding hydrogens is 970 g/mol. The fourth-order valence-corrected chi connectivity index (χ4v) is 7.83. The number of hydrogen-bond acceptors (Lipinski definition) is 17. The summed E-state index contributed by atoms with van der Waals surface area (Å²) in [6.07, 6.45) is -4.75. The number of carbonyl (C=O) groups is 14. The predicted molar refractivity (Wildman–Crippen MR) is 238 cm³/mol. The van der Waals surface area contributed by atoms with Gasteiger partial charge in [-0.1, -0.05) is 0 Å². The highest BCUT2D eigenvalue weighted by atomic mass is 16.4. The van der Waals surface area contributed by atoms with Crippen LogP contribution in [0, 0.1) is 0 Å². The number of carboxylic acid groups (broad SMARTS) is 9. The molecule has 3 atom stereocenters. The summed E-state index contributed by atoms with van der Waals surface area (Å²) in [7, 11) is 0. The molecule has 0 aliphatic carbocycles. The lowest BCUT2D eigenvalue weighted by molar-refractivity contribution is -0.152. The van der Waals surface area contributed by atoms with E-state index in [1.165, 1.54) is 14.7 Å². The first-order chi connectivity index (χ1) is 33.6. The molecule has 3 unspecified atom stereocenters. The Morgan fingerprint density at radius 2 is 0.569 bits per heavy atom. The second-order valence-electron chi connectivity index (χ2n) is 16.7. The van der Waals surface area contributed by atoms with Crippen molar-refractivity contribution in [1.29, 1.82) is 0 Å². The van der Waals surface area contributed by atoms with Crippen molar-refractivity contribution in [1.82, 2.24) is 34.3 Å². The fraction of sp³-hybridized carbons (Fsp3) is 0.667. The van der Waals surface area contributed by atoms with Crippen LogP contribution in [0.1, 0.15) is 71.1 Å². The molecule has 1 rings (SSSR count). The summed E-state index contributed by atoms with van der Waals surface area (Å²) in [5, 5.41) is 85.7. The maximum Gasteiger partial charge on any atom is 0.320 e. The molecular formula is C42H63N7O23. The van der Waals surface area contributed by atoms with Crippen molar-refractivity contribution in [2.75, 3.05) is 91.6 Å². The normalized spacial score (nSPS) is 15.2. The van der Waals surface area contributed by atoms with Gasteiger partial charge in [0.1, 0.15) is 23.9 Å². The van der Waals surface area contributed by atoms with Crippen LogP contribution in [-0.4, -0.2) is 273 Å². The van der Waals surface area contributed by atoms with Crippen molar-refractivity contribution in [3.05, 3.63) is 0 Å². The summed E-state index contributed by atoms with van der Waals surface area (Å²) in [5.41, 5.74) is 0. The maximum atomic E-state index is 14.0. The molecule has 30 nitrogen and oxygen atoms in total. The number of Topliss-reactive ketones (excluding diaryl/α,β-unsaturated/α-hetero) is 1. The van der Waals surface area contributed by atoms with Gasteiger partial charge in [-0.05, 0) is 39.0 Å². The monoisotopic (exact) mass is 1030 g/mol. The van der Waals surface area contributed by atoms with E-state index in [1.54, 1.807) is 0 Å². The Morgan fingerprint density at radius 3 is 0.778 bits per heavy atom. The van der Waals surface area contributed by atoms with Crippen molar-refractivity contribution >= 4 is 83.1 Å². The number of hydrogen-bond donors (Lipinski definition) is 9. The van der Waals surface area contributed by atoms with Crippen LogP contribution in [0.5, 0.6) is 0 Å². The number of nitrogens with zero attached hydrogens (tertiary/aromatic N) is 7. The number of ketones is 1. The molecule has 1 aliphatic rings. The van der Waals surface area contributed by atoms with Crippen LogP contribution < -0.4 is 0 Å². The molecule has 72 heavy (non-hydrogen) atoms. The van der Waals surface area contributed by atoms with E-state index in [9.17, 15) is 113 Å². The highest BCUT2D eigenvalue weighted by molar-refractivity contribution is 5.84. The van der Waals surface area contributed by atoms with E-state index in [1.807, 2.05) is 0 Å². The van der Waals surface area contributed by atoms with Crippen LogP contribution in [0.15, 0.2) is 0 Å². The van der Waals surface area contributed by atoms with Gasteiger partial charge in [0, 0.05) is 78.0 Å². The van der Waals surface area contributed by atoms with E-state index in [0.29, 0.717) is 9.80 Å². The highest BCUT2D eigenvalue weighted by Crippen LogP contribution is 2.16. The average Bonchev–Trinajstić information content (AvgIpc) is 3.24. The Hall–Kier alpha value is -7.34. The largest absolute Gasteiger partial charge is 0.481 e. The average molecular weight is 1030 g/mol. The number of carboxylic acids is 9. The van der Waals surface area contributed by atoms with Crippen LogP contribution >= 0.6 is 0 Å². The smallest absolute Gasteiger partial charge is 0.320 e. The Balaban J connectivity index is 3.74. The van der Waals surface area contributed by atoms with E-state index >= 15 is 0 Å². The maximum absolute atomic E-state index is 14.0. The molecule has 4 amide bonds. The number of aliphatic carboxylic acids is 9. The SMILES string of the molecule is CC(=O)CN(CC(=O)O)C(CCC(=O)N1CCCN(C(=O)CCC(=O)O)CCN(C(=O)CCC(C(=O)O)N(CC(=O)O)CC(=O)O)CCCN(C(=O)CCC(C(=O)O)N(CC(=O)O)CC(=O)O)CC1)C(=O)O. The third-order valence-corrected chi connectivity index (χ3v) is 11.1. The molecule has 404 valence electrons. The Morgan fingerprint density at radius 1 is 0.333 bits per heavy atom. The number of amides is 4. The second kappa shape index (κ2) is 31.8. The second-order valence-corrected chi connectivity index (χ2v) is 16.7. The summed E-state index contributed by atoms with van der Waals surface area (Å²) in [6.45, 7) is -6.58. The molecule has 1 aliphatic heterocycles. The molecule has 0 saturated carbocycles. The molecule has 0 spiro atoms. The molecule has 0 radical (unpaired) electrons. The van der Waals surface area contributed by atoms with E-state index in [0.717, 1.165) is 16.7 Å². The summed E-state index contributed by atoms with van der Waals surface area (Å²) in [5.74, 6) is -17.4. The van der Waals surface area contributed by atoms with Gasteiger partial charge < -0.3 is 65.6 Å². The third-order valence-electron chi connectivity index (χ3n) is 11.1. The van der Waals surface area contributed by atoms with E-state index < -0.39 is 192 Å². The zero-order chi connectivity index (χ0) is 54.8. The first kappa shape index (κ1) is 62.7. The molecule has 0 aromatic heterocycles. The predicted octanol–water partition coefficient (Wildman–Crippen LogP) is -3.42. The standard InChI is InChI=1S/C42H63N7O23/c1-26(50)20-47(21-35(57)58)27(40(67)68)4-7-30(51)43-14-3-15-46(33(54)10-11-34(55)56)19-18-45(32(53)9-6-29(42(71)72)49(24-38(63)64)25-39(65)66)13-2-12-44(17-16-43)31(52)8-5-28(41(69)70)48(22-36(59)60)23-37(61)62/h27-29H,2-25H2,1H3,(H,55,56)(H,57,58)(H,59,60)(H,61,62)(H,63,64)(H,65,66)(H,67,68)(H,69,70)(H,71,72). The molecule has 0 aromatic rings. The van der Waals surface area contributed by atoms with Gasteiger partial charge in [0.15, 0.2) is 0 Å². The van der Waals surface area contributed by atoms with Gasteiger partial charge in [-0.2, -0.15) is 0 Å². The first-order valence-corrected chi connectivity index (χ1v) is 22.4. The Bertz CT molecular complexity index is 1950.